The molecular formula is C23H25N3O3. The molecule has 6 nitrogen and oxygen atoms in total. The largest absolute Gasteiger partial charge is 0.445 e. The van der Waals surface area contributed by atoms with E-state index < -0.39 is 0 Å². The van der Waals surface area contributed by atoms with Gasteiger partial charge >= 0.3 is 6.09 Å². The first-order chi connectivity index (χ1) is 14.1. The summed E-state index contributed by atoms with van der Waals surface area (Å²) in [5.74, 6) is 0.365. The molecule has 3 aromatic rings. The molecule has 0 unspecified atom stereocenters. The first-order valence-corrected chi connectivity index (χ1v) is 10.1. The molecular weight excluding hydrogens is 366 g/mol. The maximum absolute atomic E-state index is 12.8. The summed E-state index contributed by atoms with van der Waals surface area (Å²) >= 11 is 0. The summed E-state index contributed by atoms with van der Waals surface area (Å²) in [6.45, 7) is 3.00. The number of hydrogen-bond acceptors (Lipinski definition) is 4. The fraction of sp³-hybridized carbons (Fsp3) is 0.348. The van der Waals surface area contributed by atoms with Crippen LogP contribution >= 0.6 is 0 Å². The first-order valence-electron chi connectivity index (χ1n) is 10.1. The monoisotopic (exact) mass is 391 g/mol. The van der Waals surface area contributed by atoms with Crippen LogP contribution in [0.4, 0.5) is 4.79 Å². The maximum Gasteiger partial charge on any atom is 0.410 e. The van der Waals surface area contributed by atoms with Gasteiger partial charge in [0.25, 0.3) is 0 Å². The molecule has 150 valence electrons. The van der Waals surface area contributed by atoms with Crippen molar-refractivity contribution in [2.24, 2.45) is 0 Å². The number of hydrogen-bond donors (Lipinski definition) is 0. The van der Waals surface area contributed by atoms with Gasteiger partial charge < -0.3 is 14.2 Å². The Kier molecular flexibility index (Phi) is 5.60. The highest BCUT2D eigenvalue weighted by Crippen LogP contribution is 2.24. The number of carbonyl (C=O) groups is 2. The summed E-state index contributed by atoms with van der Waals surface area (Å²) in [7, 11) is 0. The van der Waals surface area contributed by atoms with Gasteiger partial charge in [0, 0.05) is 20.0 Å². The molecule has 29 heavy (non-hydrogen) atoms. The molecule has 1 aromatic heterocycles. The fourth-order valence-electron chi connectivity index (χ4n) is 3.97. The number of para-hydroxylation sites is 2. The van der Waals surface area contributed by atoms with E-state index in [4.69, 9.17) is 4.74 Å². The topological polar surface area (TPSA) is 64.4 Å². The standard InChI is InChI=1S/C23H25N3O3/c1-17(27)22-24-20-12-5-6-13-21(20)26(22)15-19-11-7-8-14-25(19)23(28)29-16-18-9-3-2-4-10-18/h2-6,9-10,12-13,19H,7-8,11,14-16H2,1H3/t19-/m1/s1. The van der Waals surface area contributed by atoms with E-state index in [0.717, 1.165) is 35.9 Å². The number of Topliss-reactive ketones (excluding diaryl/α,β-unsaturated/α-hetero) is 1. The van der Waals surface area contributed by atoms with Crippen molar-refractivity contribution in [2.45, 2.75) is 45.4 Å². The minimum Gasteiger partial charge on any atom is -0.445 e. The number of ketones is 1. The fourth-order valence-corrected chi connectivity index (χ4v) is 3.97. The SMILES string of the molecule is CC(=O)c1nc2ccccc2n1C[C@H]1CCCCN1C(=O)OCc1ccccc1. The Morgan fingerprint density at radius 1 is 1.07 bits per heavy atom. The minimum atomic E-state index is -0.299. The van der Waals surface area contributed by atoms with Gasteiger partial charge in [-0.05, 0) is 37.0 Å². The third-order valence-corrected chi connectivity index (χ3v) is 5.43. The quantitative estimate of drug-likeness (QED) is 0.604. The van der Waals surface area contributed by atoms with Gasteiger partial charge in [-0.25, -0.2) is 9.78 Å². The summed E-state index contributed by atoms with van der Waals surface area (Å²) in [4.78, 5) is 31.3. The molecule has 0 radical (unpaired) electrons. The Balaban J connectivity index is 1.54. The first kappa shape index (κ1) is 19.2. The van der Waals surface area contributed by atoms with Crippen molar-refractivity contribution in [3.8, 4) is 0 Å². The van der Waals surface area contributed by atoms with Crippen molar-refractivity contribution < 1.29 is 14.3 Å². The number of imidazole rings is 1. The van der Waals surface area contributed by atoms with Gasteiger partial charge in [-0.1, -0.05) is 42.5 Å². The van der Waals surface area contributed by atoms with Gasteiger partial charge in [0.1, 0.15) is 6.61 Å². The van der Waals surface area contributed by atoms with E-state index in [-0.39, 0.29) is 24.5 Å². The van der Waals surface area contributed by atoms with Crippen LogP contribution in [-0.4, -0.2) is 38.9 Å². The van der Waals surface area contributed by atoms with Crippen LogP contribution in [0.2, 0.25) is 0 Å². The average Bonchev–Trinajstić information content (AvgIpc) is 3.12. The van der Waals surface area contributed by atoms with E-state index in [1.54, 1.807) is 0 Å². The predicted molar refractivity (Wildman–Crippen MR) is 111 cm³/mol. The second-order valence-corrected chi connectivity index (χ2v) is 7.47. The molecule has 2 aromatic carbocycles. The molecule has 1 saturated heterocycles. The summed E-state index contributed by atoms with van der Waals surface area (Å²) in [5.41, 5.74) is 2.68. The summed E-state index contributed by atoms with van der Waals surface area (Å²) in [5, 5.41) is 0. The molecule has 0 N–H and O–H groups in total. The molecule has 1 fully saturated rings. The van der Waals surface area contributed by atoms with Crippen LogP contribution in [0.15, 0.2) is 54.6 Å². The van der Waals surface area contributed by atoms with Gasteiger partial charge in [0.05, 0.1) is 17.1 Å². The van der Waals surface area contributed by atoms with E-state index in [1.165, 1.54) is 6.92 Å². The lowest BCUT2D eigenvalue weighted by Gasteiger charge is -2.35. The molecule has 1 amide bonds. The van der Waals surface area contributed by atoms with Gasteiger partial charge in [0.15, 0.2) is 11.6 Å². The van der Waals surface area contributed by atoms with Gasteiger partial charge in [0.2, 0.25) is 0 Å². The second-order valence-electron chi connectivity index (χ2n) is 7.47. The van der Waals surface area contributed by atoms with E-state index in [0.29, 0.717) is 18.9 Å². The number of carbonyl (C=O) groups excluding carboxylic acids is 2. The molecule has 1 aliphatic rings. The third kappa shape index (κ3) is 4.16. The Labute approximate surface area is 170 Å². The van der Waals surface area contributed by atoms with Crippen LogP contribution in [0, 0.1) is 0 Å². The highest BCUT2D eigenvalue weighted by molar-refractivity contribution is 5.94. The Hall–Kier alpha value is -3.15. The number of rotatable bonds is 5. The Bertz CT molecular complexity index is 1010. The molecule has 0 bridgehead atoms. The molecule has 0 aliphatic carbocycles. The maximum atomic E-state index is 12.8. The molecule has 6 heteroatoms. The number of likely N-dealkylation sites (tertiary alicyclic amines) is 1. The number of nitrogens with zero attached hydrogens (tertiary/aromatic N) is 3. The van der Waals surface area contributed by atoms with Crippen LogP contribution in [0.5, 0.6) is 0 Å². The second kappa shape index (κ2) is 8.47. The minimum absolute atomic E-state index is 0.0253. The van der Waals surface area contributed by atoms with Crippen LogP contribution in [-0.2, 0) is 17.9 Å². The number of amides is 1. The molecule has 4 rings (SSSR count). The third-order valence-electron chi connectivity index (χ3n) is 5.43. The van der Waals surface area contributed by atoms with Crippen molar-refractivity contribution in [3.63, 3.8) is 0 Å². The number of ether oxygens (including phenoxy) is 1. The smallest absolute Gasteiger partial charge is 0.410 e. The molecule has 0 spiro atoms. The highest BCUT2D eigenvalue weighted by Gasteiger charge is 2.29. The summed E-state index contributed by atoms with van der Waals surface area (Å²) in [6, 6.07) is 17.4. The highest BCUT2D eigenvalue weighted by atomic mass is 16.6. The lowest BCUT2D eigenvalue weighted by Crippen LogP contribution is -2.46. The molecule has 1 atom stereocenters. The van der Waals surface area contributed by atoms with Crippen LogP contribution < -0.4 is 0 Å². The Morgan fingerprint density at radius 2 is 1.83 bits per heavy atom. The van der Waals surface area contributed by atoms with Crippen molar-refractivity contribution in [3.05, 3.63) is 66.0 Å². The zero-order chi connectivity index (χ0) is 20.2. The van der Waals surface area contributed by atoms with E-state index in [1.807, 2.05) is 64.1 Å². The van der Waals surface area contributed by atoms with E-state index in [2.05, 4.69) is 4.98 Å². The number of fused-ring (bicyclic) bond motifs is 1. The van der Waals surface area contributed by atoms with Crippen molar-refractivity contribution in [2.75, 3.05) is 6.54 Å². The van der Waals surface area contributed by atoms with Crippen molar-refractivity contribution >= 4 is 22.9 Å². The Morgan fingerprint density at radius 3 is 2.62 bits per heavy atom. The molecule has 2 heterocycles. The number of benzene rings is 2. The van der Waals surface area contributed by atoms with Crippen LogP contribution in [0.1, 0.15) is 42.4 Å². The van der Waals surface area contributed by atoms with E-state index in [9.17, 15) is 9.59 Å². The summed E-state index contributed by atoms with van der Waals surface area (Å²) in [6.07, 6.45) is 2.59. The van der Waals surface area contributed by atoms with Crippen molar-refractivity contribution in [1.29, 1.82) is 0 Å². The number of aromatic nitrogens is 2. The molecule has 0 saturated carbocycles. The van der Waals surface area contributed by atoms with Gasteiger partial charge in [-0.3, -0.25) is 4.79 Å². The molecule has 1 aliphatic heterocycles. The van der Waals surface area contributed by atoms with E-state index >= 15 is 0 Å². The lowest BCUT2D eigenvalue weighted by molar-refractivity contribution is 0.0638. The van der Waals surface area contributed by atoms with Crippen LogP contribution in [0.25, 0.3) is 11.0 Å². The van der Waals surface area contributed by atoms with Gasteiger partial charge in [-0.2, -0.15) is 0 Å². The zero-order valence-corrected chi connectivity index (χ0v) is 16.6. The normalized spacial score (nSPS) is 16.7. The van der Waals surface area contributed by atoms with Gasteiger partial charge in [-0.15, -0.1) is 0 Å². The van der Waals surface area contributed by atoms with Crippen molar-refractivity contribution in [1.82, 2.24) is 14.5 Å². The average molecular weight is 391 g/mol. The number of piperidine rings is 1. The summed E-state index contributed by atoms with van der Waals surface area (Å²) < 4.78 is 7.53. The van der Waals surface area contributed by atoms with Crippen LogP contribution in [0.3, 0.4) is 0 Å². The zero-order valence-electron chi connectivity index (χ0n) is 16.6. The predicted octanol–water partition coefficient (Wildman–Crippen LogP) is 4.43. The lowest BCUT2D eigenvalue weighted by atomic mass is 10.0.